The maximum Gasteiger partial charge on any atom is 0.226 e. The summed E-state index contributed by atoms with van der Waals surface area (Å²) in [5, 5.41) is 11.0. The smallest absolute Gasteiger partial charge is 0.226 e. The van der Waals surface area contributed by atoms with Gasteiger partial charge in [-0.1, -0.05) is 11.2 Å². The van der Waals surface area contributed by atoms with Crippen molar-refractivity contribution in [2.45, 2.75) is 19.8 Å². The molecule has 24 heavy (non-hydrogen) atoms. The predicted molar refractivity (Wildman–Crippen MR) is 85.2 cm³/mol. The molecule has 0 aliphatic rings. The minimum Gasteiger partial charge on any atom is -0.361 e. The number of halogens is 1. The lowest BCUT2D eigenvalue weighted by Crippen LogP contribution is -2.27. The monoisotopic (exact) mass is 328 g/mol. The molecule has 7 heteroatoms. The molecule has 124 valence electrons. The van der Waals surface area contributed by atoms with E-state index in [1.807, 2.05) is 6.07 Å². The highest BCUT2D eigenvalue weighted by molar-refractivity contribution is 5.78. The number of carbonyl (C=O) groups is 1. The fourth-order valence-electron chi connectivity index (χ4n) is 2.32. The Morgan fingerprint density at radius 3 is 2.92 bits per heavy atom. The Morgan fingerprint density at radius 2 is 2.17 bits per heavy atom. The van der Waals surface area contributed by atoms with Crippen LogP contribution in [-0.4, -0.2) is 27.4 Å². The lowest BCUT2D eigenvalue weighted by Gasteiger charge is -2.03. The second kappa shape index (κ2) is 7.08. The molecule has 0 bridgehead atoms. The molecule has 3 rings (SSSR count). The summed E-state index contributed by atoms with van der Waals surface area (Å²) in [6.07, 6.45) is 2.55. The third kappa shape index (κ3) is 4.07. The Kier molecular flexibility index (Phi) is 4.69. The summed E-state index contributed by atoms with van der Waals surface area (Å²) in [5.41, 5.74) is 2.09. The molecule has 2 heterocycles. The van der Waals surface area contributed by atoms with Gasteiger partial charge in [-0.25, -0.2) is 9.07 Å². The van der Waals surface area contributed by atoms with E-state index < -0.39 is 0 Å². The molecule has 3 aromatic rings. The van der Waals surface area contributed by atoms with E-state index in [0.717, 1.165) is 5.69 Å². The topological polar surface area (TPSA) is 73.0 Å². The van der Waals surface area contributed by atoms with Gasteiger partial charge in [-0.3, -0.25) is 4.79 Å². The predicted octanol–water partition coefficient (Wildman–Crippen LogP) is 2.21. The first-order chi connectivity index (χ1) is 11.6. The molecule has 0 saturated carbocycles. The molecule has 1 aromatic carbocycles. The van der Waals surface area contributed by atoms with Gasteiger partial charge in [0.05, 0.1) is 23.5 Å². The van der Waals surface area contributed by atoms with E-state index in [1.54, 1.807) is 36.0 Å². The van der Waals surface area contributed by atoms with Crippen molar-refractivity contribution in [3.05, 3.63) is 65.6 Å². The van der Waals surface area contributed by atoms with Crippen LogP contribution in [0, 0.1) is 12.7 Å². The zero-order valence-electron chi connectivity index (χ0n) is 13.2. The lowest BCUT2D eigenvalue weighted by molar-refractivity contribution is -0.120. The van der Waals surface area contributed by atoms with E-state index in [1.165, 1.54) is 12.1 Å². The molecule has 0 fully saturated rings. The Labute approximate surface area is 138 Å². The molecular weight excluding hydrogens is 311 g/mol. The number of nitrogens with one attached hydrogen (secondary N) is 1. The minimum atomic E-state index is -0.306. The SMILES string of the molecule is Cc1cc(CC(=O)NCCc2ccn(-c3cccc(F)c3)n2)no1. The molecule has 0 atom stereocenters. The van der Waals surface area contributed by atoms with Gasteiger partial charge in [-0.2, -0.15) is 5.10 Å². The molecule has 0 radical (unpaired) electrons. The van der Waals surface area contributed by atoms with Crippen molar-refractivity contribution < 1.29 is 13.7 Å². The Morgan fingerprint density at radius 1 is 1.29 bits per heavy atom. The van der Waals surface area contributed by atoms with E-state index in [4.69, 9.17) is 4.52 Å². The normalized spacial score (nSPS) is 10.8. The van der Waals surface area contributed by atoms with E-state index in [9.17, 15) is 9.18 Å². The van der Waals surface area contributed by atoms with Gasteiger partial charge in [0.15, 0.2) is 0 Å². The van der Waals surface area contributed by atoms with Gasteiger partial charge in [-0.05, 0) is 31.2 Å². The van der Waals surface area contributed by atoms with Crippen molar-refractivity contribution in [2.24, 2.45) is 0 Å². The minimum absolute atomic E-state index is 0.118. The molecule has 0 aliphatic carbocycles. The molecular formula is C17H17FN4O2. The van der Waals surface area contributed by atoms with Crippen LogP contribution < -0.4 is 5.32 Å². The molecule has 0 aliphatic heterocycles. The summed E-state index contributed by atoms with van der Waals surface area (Å²) >= 11 is 0. The number of carbonyl (C=O) groups excluding carboxylic acids is 1. The van der Waals surface area contributed by atoms with Gasteiger partial charge >= 0.3 is 0 Å². The fraction of sp³-hybridized carbons (Fsp3) is 0.235. The molecule has 1 N–H and O–H groups in total. The molecule has 6 nitrogen and oxygen atoms in total. The average Bonchev–Trinajstić information content (AvgIpc) is 3.17. The largest absolute Gasteiger partial charge is 0.361 e. The van der Waals surface area contributed by atoms with Gasteiger partial charge in [0.25, 0.3) is 0 Å². The highest BCUT2D eigenvalue weighted by atomic mass is 19.1. The van der Waals surface area contributed by atoms with Crippen LogP contribution in [-0.2, 0) is 17.6 Å². The Balaban J connectivity index is 1.49. The summed E-state index contributed by atoms with van der Waals surface area (Å²) in [5.74, 6) is 0.258. The van der Waals surface area contributed by atoms with E-state index in [0.29, 0.717) is 30.1 Å². The molecule has 1 amide bonds. The third-order valence-electron chi connectivity index (χ3n) is 3.44. The number of benzene rings is 1. The van der Waals surface area contributed by atoms with Crippen LogP contribution in [0.4, 0.5) is 4.39 Å². The number of aromatic nitrogens is 3. The summed E-state index contributed by atoms with van der Waals surface area (Å²) in [6, 6.07) is 9.80. The number of hydrogen-bond acceptors (Lipinski definition) is 4. The standard InChI is InChI=1S/C17H17FN4O2/c1-12-9-15(21-24-12)11-17(23)19-7-5-14-6-8-22(20-14)16-4-2-3-13(18)10-16/h2-4,6,8-10H,5,7,11H2,1H3,(H,19,23). The van der Waals surface area contributed by atoms with Crippen molar-refractivity contribution >= 4 is 5.91 Å². The van der Waals surface area contributed by atoms with Gasteiger partial charge in [-0.15, -0.1) is 0 Å². The second-order valence-corrected chi connectivity index (χ2v) is 5.44. The summed E-state index contributed by atoms with van der Waals surface area (Å²) in [6.45, 7) is 2.25. The summed E-state index contributed by atoms with van der Waals surface area (Å²) < 4.78 is 19.8. The van der Waals surface area contributed by atoms with Gasteiger partial charge in [0.2, 0.25) is 5.91 Å². The van der Waals surface area contributed by atoms with Crippen LogP contribution in [0.2, 0.25) is 0 Å². The van der Waals surface area contributed by atoms with Crippen molar-refractivity contribution in [1.82, 2.24) is 20.3 Å². The number of rotatable bonds is 6. The Hall–Kier alpha value is -2.96. The van der Waals surface area contributed by atoms with Gasteiger partial charge in [0.1, 0.15) is 11.6 Å². The van der Waals surface area contributed by atoms with Crippen LogP contribution in [0.3, 0.4) is 0 Å². The summed E-state index contributed by atoms with van der Waals surface area (Å²) in [4.78, 5) is 11.8. The van der Waals surface area contributed by atoms with Gasteiger partial charge < -0.3 is 9.84 Å². The van der Waals surface area contributed by atoms with Crippen molar-refractivity contribution in [3.63, 3.8) is 0 Å². The third-order valence-corrected chi connectivity index (χ3v) is 3.44. The van der Waals surface area contributed by atoms with Crippen LogP contribution >= 0.6 is 0 Å². The maximum atomic E-state index is 13.2. The lowest BCUT2D eigenvalue weighted by atomic mass is 10.2. The number of aryl methyl sites for hydroxylation is 1. The van der Waals surface area contributed by atoms with Crippen LogP contribution in [0.5, 0.6) is 0 Å². The first-order valence-electron chi connectivity index (χ1n) is 7.59. The number of nitrogens with zero attached hydrogens (tertiary/aromatic N) is 3. The number of hydrogen-bond donors (Lipinski definition) is 1. The second-order valence-electron chi connectivity index (χ2n) is 5.44. The molecule has 2 aromatic heterocycles. The molecule has 0 saturated heterocycles. The first-order valence-corrected chi connectivity index (χ1v) is 7.59. The van der Waals surface area contributed by atoms with Crippen LogP contribution in [0.15, 0.2) is 47.1 Å². The first kappa shape index (κ1) is 15.9. The van der Waals surface area contributed by atoms with E-state index in [-0.39, 0.29) is 18.1 Å². The van der Waals surface area contributed by atoms with Crippen molar-refractivity contribution in [3.8, 4) is 5.69 Å². The highest BCUT2D eigenvalue weighted by Gasteiger charge is 2.08. The van der Waals surface area contributed by atoms with Gasteiger partial charge in [0, 0.05) is 25.2 Å². The van der Waals surface area contributed by atoms with Crippen molar-refractivity contribution in [2.75, 3.05) is 6.54 Å². The fourth-order valence-corrected chi connectivity index (χ4v) is 2.32. The van der Waals surface area contributed by atoms with E-state index in [2.05, 4.69) is 15.6 Å². The maximum absolute atomic E-state index is 13.2. The molecule has 0 spiro atoms. The zero-order valence-corrected chi connectivity index (χ0v) is 13.2. The highest BCUT2D eigenvalue weighted by Crippen LogP contribution is 2.09. The zero-order chi connectivity index (χ0) is 16.9. The average molecular weight is 328 g/mol. The summed E-state index contributed by atoms with van der Waals surface area (Å²) in [7, 11) is 0. The quantitative estimate of drug-likeness (QED) is 0.753. The van der Waals surface area contributed by atoms with E-state index >= 15 is 0 Å². The number of amides is 1. The van der Waals surface area contributed by atoms with Crippen LogP contribution in [0.1, 0.15) is 17.1 Å². The van der Waals surface area contributed by atoms with Crippen LogP contribution in [0.25, 0.3) is 5.69 Å². The molecule has 0 unspecified atom stereocenters. The Bertz CT molecular complexity index is 840. The van der Waals surface area contributed by atoms with Crippen molar-refractivity contribution in [1.29, 1.82) is 0 Å².